The second-order valence-electron chi connectivity index (χ2n) is 5.46. The first kappa shape index (κ1) is 14.2. The number of hydrogen-bond donors (Lipinski definition) is 2. The third-order valence-corrected chi connectivity index (χ3v) is 3.28. The lowest BCUT2D eigenvalue weighted by Gasteiger charge is -2.12. The van der Waals surface area contributed by atoms with Gasteiger partial charge >= 0.3 is 0 Å². The Kier molecular flexibility index (Phi) is 3.83. The molecule has 0 aliphatic carbocycles. The molecular weight excluding hydrogens is 274 g/mol. The fourth-order valence-electron chi connectivity index (χ4n) is 2.31. The molecule has 0 aliphatic heterocycles. The van der Waals surface area contributed by atoms with Crippen molar-refractivity contribution in [3.05, 3.63) is 54.7 Å². The maximum atomic E-state index is 5.88. The van der Waals surface area contributed by atoms with E-state index < -0.39 is 0 Å². The molecule has 0 saturated heterocycles. The minimum absolute atomic E-state index is 0.168. The van der Waals surface area contributed by atoms with Crippen molar-refractivity contribution >= 4 is 28.0 Å². The summed E-state index contributed by atoms with van der Waals surface area (Å²) in [6.07, 6.45) is 1.96. The first-order valence-corrected chi connectivity index (χ1v) is 7.30. The lowest BCUT2D eigenvalue weighted by molar-refractivity contribution is 0.242. The van der Waals surface area contributed by atoms with Crippen molar-refractivity contribution in [1.29, 1.82) is 0 Å². The molecule has 0 saturated carbocycles. The van der Waals surface area contributed by atoms with Gasteiger partial charge < -0.3 is 15.8 Å². The summed E-state index contributed by atoms with van der Waals surface area (Å²) in [5, 5.41) is 5.44. The normalized spacial score (nSPS) is 10.9. The summed E-state index contributed by atoms with van der Waals surface area (Å²) in [5.74, 6) is 1.65. The Morgan fingerprint density at radius 2 is 1.82 bits per heavy atom. The third kappa shape index (κ3) is 3.11. The number of ether oxygens (including phenoxy) is 1. The molecule has 2 aromatic carbocycles. The predicted molar refractivity (Wildman–Crippen MR) is 91.6 cm³/mol. The van der Waals surface area contributed by atoms with E-state index in [-0.39, 0.29) is 6.10 Å². The standard InChI is InChI=1S/C18H19N3O/c1-12(2)22-16-7-5-15(6-8-16)21-18-17-11-14(19)4-3-13(17)9-10-20-18/h3-12H,19H2,1-2H3,(H,20,21). The summed E-state index contributed by atoms with van der Waals surface area (Å²) in [5.41, 5.74) is 7.56. The monoisotopic (exact) mass is 293 g/mol. The second kappa shape index (κ2) is 5.93. The van der Waals surface area contributed by atoms with Crippen molar-refractivity contribution < 1.29 is 4.74 Å². The van der Waals surface area contributed by atoms with E-state index in [1.807, 2.05) is 62.4 Å². The van der Waals surface area contributed by atoms with Crippen molar-refractivity contribution in [1.82, 2.24) is 4.98 Å². The van der Waals surface area contributed by atoms with E-state index in [0.717, 1.165) is 33.7 Å². The Hall–Kier alpha value is -2.75. The van der Waals surface area contributed by atoms with E-state index in [9.17, 15) is 0 Å². The Morgan fingerprint density at radius 3 is 2.55 bits per heavy atom. The van der Waals surface area contributed by atoms with Crippen LogP contribution in [0.2, 0.25) is 0 Å². The lowest BCUT2D eigenvalue weighted by atomic mass is 10.1. The average Bonchev–Trinajstić information content (AvgIpc) is 2.49. The zero-order valence-electron chi connectivity index (χ0n) is 12.7. The Morgan fingerprint density at radius 1 is 1.05 bits per heavy atom. The largest absolute Gasteiger partial charge is 0.491 e. The van der Waals surface area contributed by atoms with Crippen LogP contribution in [-0.2, 0) is 0 Å². The van der Waals surface area contributed by atoms with Crippen LogP contribution in [0.25, 0.3) is 10.8 Å². The minimum Gasteiger partial charge on any atom is -0.491 e. The number of benzene rings is 2. The molecule has 1 aromatic heterocycles. The fraction of sp³-hybridized carbons (Fsp3) is 0.167. The topological polar surface area (TPSA) is 60.2 Å². The first-order valence-electron chi connectivity index (χ1n) is 7.30. The molecule has 3 N–H and O–H groups in total. The molecule has 0 aliphatic rings. The predicted octanol–water partition coefficient (Wildman–Crippen LogP) is 4.35. The molecule has 112 valence electrons. The number of pyridine rings is 1. The molecule has 4 nitrogen and oxygen atoms in total. The number of hydrogen-bond acceptors (Lipinski definition) is 4. The highest BCUT2D eigenvalue weighted by Crippen LogP contribution is 2.27. The molecule has 3 rings (SSSR count). The molecule has 0 atom stereocenters. The van der Waals surface area contributed by atoms with Crippen molar-refractivity contribution in [3.63, 3.8) is 0 Å². The van der Waals surface area contributed by atoms with Crippen molar-refractivity contribution in [3.8, 4) is 5.75 Å². The maximum Gasteiger partial charge on any atom is 0.138 e. The van der Waals surface area contributed by atoms with Gasteiger partial charge in [-0.25, -0.2) is 4.98 Å². The molecule has 0 radical (unpaired) electrons. The SMILES string of the molecule is CC(C)Oc1ccc(Nc2nccc3ccc(N)cc23)cc1. The van der Waals surface area contributed by atoms with Gasteiger partial charge in [0, 0.05) is 23.0 Å². The van der Waals surface area contributed by atoms with Crippen LogP contribution < -0.4 is 15.8 Å². The summed E-state index contributed by atoms with van der Waals surface area (Å²) < 4.78 is 5.65. The molecule has 1 heterocycles. The van der Waals surface area contributed by atoms with Gasteiger partial charge in [0.15, 0.2) is 0 Å². The number of nitrogens with zero attached hydrogens (tertiary/aromatic N) is 1. The van der Waals surface area contributed by atoms with E-state index in [0.29, 0.717) is 0 Å². The number of fused-ring (bicyclic) bond motifs is 1. The molecule has 0 spiro atoms. The molecule has 0 fully saturated rings. The van der Waals surface area contributed by atoms with Gasteiger partial charge in [-0.2, -0.15) is 0 Å². The van der Waals surface area contributed by atoms with Crippen LogP contribution in [0.15, 0.2) is 54.7 Å². The number of aromatic nitrogens is 1. The van der Waals surface area contributed by atoms with Gasteiger partial charge in [-0.05, 0) is 61.7 Å². The van der Waals surface area contributed by atoms with Gasteiger partial charge in [-0.3, -0.25) is 0 Å². The van der Waals surface area contributed by atoms with Gasteiger partial charge in [0.25, 0.3) is 0 Å². The number of rotatable bonds is 4. The van der Waals surface area contributed by atoms with Crippen LogP contribution in [0.4, 0.5) is 17.2 Å². The van der Waals surface area contributed by atoms with Crippen LogP contribution in [0, 0.1) is 0 Å². The van der Waals surface area contributed by atoms with E-state index >= 15 is 0 Å². The maximum absolute atomic E-state index is 5.88. The summed E-state index contributed by atoms with van der Waals surface area (Å²) >= 11 is 0. The van der Waals surface area contributed by atoms with Crippen LogP contribution in [-0.4, -0.2) is 11.1 Å². The van der Waals surface area contributed by atoms with Gasteiger partial charge in [-0.1, -0.05) is 6.07 Å². The van der Waals surface area contributed by atoms with E-state index in [1.165, 1.54) is 0 Å². The Bertz CT molecular complexity index is 782. The van der Waals surface area contributed by atoms with Crippen molar-refractivity contribution in [2.45, 2.75) is 20.0 Å². The van der Waals surface area contributed by atoms with Gasteiger partial charge in [-0.15, -0.1) is 0 Å². The minimum atomic E-state index is 0.168. The highest BCUT2D eigenvalue weighted by atomic mass is 16.5. The molecule has 3 aromatic rings. The molecule has 0 unspecified atom stereocenters. The van der Waals surface area contributed by atoms with E-state index in [2.05, 4.69) is 10.3 Å². The fourth-order valence-corrected chi connectivity index (χ4v) is 2.31. The lowest BCUT2D eigenvalue weighted by Crippen LogP contribution is -2.05. The van der Waals surface area contributed by atoms with Gasteiger partial charge in [0.1, 0.15) is 11.6 Å². The molecule has 4 heteroatoms. The number of nitrogens with one attached hydrogen (secondary N) is 1. The quantitative estimate of drug-likeness (QED) is 0.702. The summed E-state index contributed by atoms with van der Waals surface area (Å²) in [4.78, 5) is 4.42. The highest BCUT2D eigenvalue weighted by molar-refractivity contribution is 5.95. The average molecular weight is 293 g/mol. The Balaban J connectivity index is 1.88. The summed E-state index contributed by atoms with van der Waals surface area (Å²) in [7, 11) is 0. The smallest absolute Gasteiger partial charge is 0.138 e. The highest BCUT2D eigenvalue weighted by Gasteiger charge is 2.04. The summed E-state index contributed by atoms with van der Waals surface area (Å²) in [6.45, 7) is 4.02. The Labute approximate surface area is 129 Å². The van der Waals surface area contributed by atoms with Crippen molar-refractivity contribution in [2.24, 2.45) is 0 Å². The van der Waals surface area contributed by atoms with E-state index in [4.69, 9.17) is 10.5 Å². The van der Waals surface area contributed by atoms with Crippen LogP contribution >= 0.6 is 0 Å². The first-order chi connectivity index (χ1) is 10.6. The third-order valence-electron chi connectivity index (χ3n) is 3.28. The zero-order chi connectivity index (χ0) is 15.5. The second-order valence-corrected chi connectivity index (χ2v) is 5.46. The number of nitrogen functional groups attached to an aromatic ring is 1. The zero-order valence-corrected chi connectivity index (χ0v) is 12.7. The van der Waals surface area contributed by atoms with Crippen LogP contribution in [0.3, 0.4) is 0 Å². The molecule has 0 bridgehead atoms. The van der Waals surface area contributed by atoms with Gasteiger partial charge in [0.2, 0.25) is 0 Å². The molecule has 22 heavy (non-hydrogen) atoms. The van der Waals surface area contributed by atoms with Crippen LogP contribution in [0.1, 0.15) is 13.8 Å². The van der Waals surface area contributed by atoms with Crippen LogP contribution in [0.5, 0.6) is 5.75 Å². The van der Waals surface area contributed by atoms with Crippen molar-refractivity contribution in [2.75, 3.05) is 11.1 Å². The summed E-state index contributed by atoms with van der Waals surface area (Å²) in [6, 6.07) is 15.6. The van der Waals surface area contributed by atoms with E-state index in [1.54, 1.807) is 6.20 Å². The molecular formula is C18H19N3O. The number of nitrogens with two attached hydrogens (primary N) is 1. The van der Waals surface area contributed by atoms with Gasteiger partial charge in [0.05, 0.1) is 6.10 Å². The number of anilines is 3. The molecule has 0 amide bonds.